The first-order chi connectivity index (χ1) is 9.17. The summed E-state index contributed by atoms with van der Waals surface area (Å²) < 4.78 is 5.34. The third kappa shape index (κ3) is 2.63. The van der Waals surface area contributed by atoms with E-state index in [-0.39, 0.29) is 5.88 Å². The summed E-state index contributed by atoms with van der Waals surface area (Å²) in [6.07, 6.45) is 3.48. The van der Waals surface area contributed by atoms with Crippen molar-refractivity contribution >= 4 is 5.88 Å². The average molecular weight is 254 g/mol. The van der Waals surface area contributed by atoms with Gasteiger partial charge in [0.1, 0.15) is 17.4 Å². The number of nitriles is 1. The van der Waals surface area contributed by atoms with Crippen molar-refractivity contribution in [1.82, 2.24) is 0 Å². The topological polar surface area (TPSA) is 62.9 Å². The predicted molar refractivity (Wildman–Crippen MR) is 76.6 cm³/mol. The molecule has 98 valence electrons. The molecular formula is C16H18N2O. The van der Waals surface area contributed by atoms with E-state index in [0.29, 0.717) is 11.3 Å². The molecule has 0 fully saturated rings. The molecule has 0 saturated carbocycles. The Labute approximate surface area is 113 Å². The number of hydrogen-bond donors (Lipinski definition) is 1. The van der Waals surface area contributed by atoms with E-state index in [9.17, 15) is 0 Å². The van der Waals surface area contributed by atoms with Crippen molar-refractivity contribution in [2.45, 2.75) is 33.1 Å². The van der Waals surface area contributed by atoms with Crippen molar-refractivity contribution in [2.75, 3.05) is 5.73 Å². The molecule has 2 aromatic rings. The fourth-order valence-electron chi connectivity index (χ4n) is 2.24. The first kappa shape index (κ1) is 13.2. The Morgan fingerprint density at radius 1 is 1.26 bits per heavy atom. The molecule has 2 rings (SSSR count). The van der Waals surface area contributed by atoms with Crippen LogP contribution < -0.4 is 5.73 Å². The van der Waals surface area contributed by atoms with Crippen LogP contribution in [-0.2, 0) is 6.42 Å². The molecule has 1 aromatic carbocycles. The van der Waals surface area contributed by atoms with Gasteiger partial charge in [-0.3, -0.25) is 0 Å². The maximum absolute atomic E-state index is 9.15. The van der Waals surface area contributed by atoms with Crippen molar-refractivity contribution in [3.05, 3.63) is 41.2 Å². The highest BCUT2D eigenvalue weighted by atomic mass is 16.4. The molecule has 2 N–H and O–H groups in total. The molecule has 0 unspecified atom stereocenters. The fourth-order valence-corrected chi connectivity index (χ4v) is 2.24. The second kappa shape index (κ2) is 5.62. The van der Waals surface area contributed by atoms with Gasteiger partial charge in [-0.05, 0) is 30.9 Å². The number of hydrogen-bond acceptors (Lipinski definition) is 3. The van der Waals surface area contributed by atoms with Gasteiger partial charge in [-0.25, -0.2) is 0 Å². The molecule has 0 aliphatic heterocycles. The molecule has 0 aliphatic rings. The number of nitrogen functional groups attached to an aromatic ring is 1. The number of furan rings is 1. The van der Waals surface area contributed by atoms with E-state index < -0.39 is 0 Å². The highest BCUT2D eigenvalue weighted by Crippen LogP contribution is 2.33. The summed E-state index contributed by atoms with van der Waals surface area (Å²) >= 11 is 0. The van der Waals surface area contributed by atoms with Crippen LogP contribution in [0.5, 0.6) is 0 Å². The molecule has 0 amide bonds. The van der Waals surface area contributed by atoms with Crippen molar-refractivity contribution in [3.8, 4) is 17.2 Å². The lowest BCUT2D eigenvalue weighted by Gasteiger charge is -2.03. The normalized spacial score (nSPS) is 10.4. The molecule has 0 spiro atoms. The molecule has 1 heterocycles. The first-order valence-electron chi connectivity index (χ1n) is 6.55. The Bertz CT molecular complexity index is 603. The van der Waals surface area contributed by atoms with E-state index in [2.05, 4.69) is 25.1 Å². The zero-order valence-electron chi connectivity index (χ0n) is 11.4. The van der Waals surface area contributed by atoms with Crippen LogP contribution in [0, 0.1) is 18.3 Å². The Hall–Kier alpha value is -2.21. The second-order valence-corrected chi connectivity index (χ2v) is 4.68. The van der Waals surface area contributed by atoms with Gasteiger partial charge in [-0.2, -0.15) is 5.26 Å². The van der Waals surface area contributed by atoms with Gasteiger partial charge in [0.15, 0.2) is 0 Å². The molecule has 3 heteroatoms. The molecule has 19 heavy (non-hydrogen) atoms. The third-order valence-electron chi connectivity index (χ3n) is 3.28. The van der Waals surface area contributed by atoms with Gasteiger partial charge < -0.3 is 10.2 Å². The molecule has 0 radical (unpaired) electrons. The van der Waals surface area contributed by atoms with Crippen LogP contribution in [0.2, 0.25) is 0 Å². The summed E-state index contributed by atoms with van der Waals surface area (Å²) in [6, 6.07) is 10.4. The molecule has 0 saturated heterocycles. The molecular weight excluding hydrogens is 236 g/mol. The fraction of sp³-hybridized carbons (Fsp3) is 0.312. The van der Waals surface area contributed by atoms with E-state index in [1.54, 1.807) is 0 Å². The maximum atomic E-state index is 9.15. The number of aryl methyl sites for hydroxylation is 2. The van der Waals surface area contributed by atoms with Crippen LogP contribution in [0.4, 0.5) is 5.88 Å². The monoisotopic (exact) mass is 254 g/mol. The smallest absolute Gasteiger partial charge is 0.209 e. The van der Waals surface area contributed by atoms with E-state index in [0.717, 1.165) is 17.5 Å². The van der Waals surface area contributed by atoms with Crippen LogP contribution in [-0.4, -0.2) is 0 Å². The van der Waals surface area contributed by atoms with E-state index >= 15 is 0 Å². The molecule has 0 atom stereocenters. The summed E-state index contributed by atoms with van der Waals surface area (Å²) in [7, 11) is 0. The number of nitrogens with two attached hydrogens (primary N) is 1. The molecule has 3 nitrogen and oxygen atoms in total. The lowest BCUT2D eigenvalue weighted by Crippen LogP contribution is -1.88. The number of unbranched alkanes of at least 4 members (excludes halogenated alkanes) is 1. The third-order valence-corrected chi connectivity index (χ3v) is 3.28. The van der Waals surface area contributed by atoms with Crippen LogP contribution >= 0.6 is 0 Å². The summed E-state index contributed by atoms with van der Waals surface area (Å²) in [6.45, 7) is 4.02. The largest absolute Gasteiger partial charge is 0.444 e. The lowest BCUT2D eigenvalue weighted by molar-refractivity contribution is 0.554. The molecule has 1 aromatic heterocycles. The highest BCUT2D eigenvalue weighted by Gasteiger charge is 2.16. The minimum atomic E-state index is 0.199. The van der Waals surface area contributed by atoms with Crippen LogP contribution in [0.15, 0.2) is 28.7 Å². The zero-order chi connectivity index (χ0) is 13.8. The lowest BCUT2D eigenvalue weighted by atomic mass is 9.99. The number of rotatable bonds is 4. The van der Waals surface area contributed by atoms with E-state index in [1.807, 2.05) is 19.1 Å². The van der Waals surface area contributed by atoms with Crippen LogP contribution in [0.1, 0.15) is 36.7 Å². The summed E-state index contributed by atoms with van der Waals surface area (Å²) in [5, 5.41) is 9.15. The Balaban J connectivity index is 2.35. The quantitative estimate of drug-likeness (QED) is 0.895. The highest BCUT2D eigenvalue weighted by molar-refractivity contribution is 5.77. The van der Waals surface area contributed by atoms with Gasteiger partial charge in [0, 0.05) is 5.56 Å². The minimum Gasteiger partial charge on any atom is -0.444 e. The van der Waals surface area contributed by atoms with Crippen LogP contribution in [0.25, 0.3) is 11.1 Å². The van der Waals surface area contributed by atoms with Crippen LogP contribution in [0.3, 0.4) is 0 Å². The van der Waals surface area contributed by atoms with Gasteiger partial charge in [0.05, 0.1) is 0 Å². The second-order valence-electron chi connectivity index (χ2n) is 4.68. The van der Waals surface area contributed by atoms with Gasteiger partial charge in [0.2, 0.25) is 5.88 Å². The minimum absolute atomic E-state index is 0.199. The van der Waals surface area contributed by atoms with E-state index in [1.165, 1.54) is 18.4 Å². The maximum Gasteiger partial charge on any atom is 0.209 e. The summed E-state index contributed by atoms with van der Waals surface area (Å²) in [5.41, 5.74) is 9.23. The van der Waals surface area contributed by atoms with Gasteiger partial charge in [0.25, 0.3) is 0 Å². The Morgan fingerprint density at radius 2 is 1.95 bits per heavy atom. The average Bonchev–Trinajstić information content (AvgIpc) is 2.71. The van der Waals surface area contributed by atoms with E-state index in [4.69, 9.17) is 15.4 Å². The molecule has 0 aliphatic carbocycles. The summed E-state index contributed by atoms with van der Waals surface area (Å²) in [4.78, 5) is 0. The SMILES string of the molecule is CCCCc1ccc(-c2c(C)oc(N)c2C#N)cc1. The standard InChI is InChI=1S/C16H18N2O/c1-3-4-5-12-6-8-13(9-7-12)15-11(2)19-16(18)14(15)10-17/h6-9H,3-5,18H2,1-2H3. The predicted octanol–water partition coefficient (Wildman–Crippen LogP) is 4.05. The number of anilines is 1. The Morgan fingerprint density at radius 3 is 2.53 bits per heavy atom. The summed E-state index contributed by atoms with van der Waals surface area (Å²) in [5.74, 6) is 0.889. The van der Waals surface area contributed by atoms with Gasteiger partial charge >= 0.3 is 0 Å². The zero-order valence-corrected chi connectivity index (χ0v) is 11.4. The number of benzene rings is 1. The number of nitrogens with zero attached hydrogens (tertiary/aromatic N) is 1. The Kier molecular flexibility index (Phi) is 3.91. The van der Waals surface area contributed by atoms with Crippen molar-refractivity contribution in [3.63, 3.8) is 0 Å². The van der Waals surface area contributed by atoms with Crippen molar-refractivity contribution < 1.29 is 4.42 Å². The van der Waals surface area contributed by atoms with Crippen molar-refractivity contribution in [2.24, 2.45) is 0 Å². The first-order valence-corrected chi connectivity index (χ1v) is 6.55. The van der Waals surface area contributed by atoms with Crippen molar-refractivity contribution in [1.29, 1.82) is 5.26 Å². The van der Waals surface area contributed by atoms with Gasteiger partial charge in [-0.1, -0.05) is 37.6 Å². The molecule has 0 bridgehead atoms. The van der Waals surface area contributed by atoms with Gasteiger partial charge in [-0.15, -0.1) is 0 Å².